The van der Waals surface area contributed by atoms with Gasteiger partial charge in [-0.1, -0.05) is 53.5 Å². The van der Waals surface area contributed by atoms with Crippen LogP contribution in [-0.2, 0) is 16.0 Å². The van der Waals surface area contributed by atoms with E-state index in [2.05, 4.69) is 10.6 Å². The molecule has 26 heavy (non-hydrogen) atoms. The Hall–Kier alpha value is -2.24. The molecule has 0 radical (unpaired) electrons. The van der Waals surface area contributed by atoms with E-state index in [1.807, 2.05) is 30.3 Å². The maximum Gasteiger partial charge on any atom is 0.258 e. The summed E-state index contributed by atoms with van der Waals surface area (Å²) in [5.74, 6) is 0.0438. The molecule has 2 aromatic rings. The third-order valence-electron chi connectivity index (χ3n) is 3.51. The van der Waals surface area contributed by atoms with Crippen molar-refractivity contribution in [3.63, 3.8) is 0 Å². The van der Waals surface area contributed by atoms with E-state index in [-0.39, 0.29) is 18.4 Å². The number of hydrogen-bond donors (Lipinski definition) is 2. The average Bonchev–Trinajstić information content (AvgIpc) is 2.63. The van der Waals surface area contributed by atoms with Crippen LogP contribution < -0.4 is 15.4 Å². The zero-order valence-electron chi connectivity index (χ0n) is 14.1. The van der Waals surface area contributed by atoms with Gasteiger partial charge in [-0.3, -0.25) is 9.59 Å². The van der Waals surface area contributed by atoms with Crippen LogP contribution in [-0.4, -0.2) is 31.5 Å². The van der Waals surface area contributed by atoms with Crippen molar-refractivity contribution in [1.29, 1.82) is 0 Å². The summed E-state index contributed by atoms with van der Waals surface area (Å²) >= 11 is 11.8. The SMILES string of the molecule is O=C(CCc1ccccc1)NCCNC(=O)COc1ccc(Cl)cc1Cl. The smallest absolute Gasteiger partial charge is 0.258 e. The van der Waals surface area contributed by atoms with Crippen molar-refractivity contribution in [2.45, 2.75) is 12.8 Å². The van der Waals surface area contributed by atoms with Gasteiger partial charge in [0.05, 0.1) is 5.02 Å². The molecule has 0 saturated heterocycles. The summed E-state index contributed by atoms with van der Waals surface area (Å²) in [7, 11) is 0. The zero-order valence-corrected chi connectivity index (χ0v) is 15.6. The number of carbonyl (C=O) groups excluding carboxylic acids is 2. The number of halogens is 2. The standard InChI is InChI=1S/C19H20Cl2N2O3/c20-15-7-8-17(16(21)12-15)26-13-19(25)23-11-10-22-18(24)9-6-14-4-2-1-3-5-14/h1-5,7-8,12H,6,9-11,13H2,(H,22,24)(H,23,25). The molecule has 0 saturated carbocycles. The van der Waals surface area contributed by atoms with Gasteiger partial charge in [-0.05, 0) is 30.2 Å². The van der Waals surface area contributed by atoms with Crippen LogP contribution in [0, 0.1) is 0 Å². The van der Waals surface area contributed by atoms with Crippen LogP contribution in [0.2, 0.25) is 10.0 Å². The molecule has 2 aromatic carbocycles. The number of hydrogen-bond acceptors (Lipinski definition) is 3. The summed E-state index contributed by atoms with van der Waals surface area (Å²) in [5.41, 5.74) is 1.12. The molecule has 0 atom stereocenters. The van der Waals surface area contributed by atoms with Crippen LogP contribution in [0.4, 0.5) is 0 Å². The van der Waals surface area contributed by atoms with Crippen LogP contribution in [0.15, 0.2) is 48.5 Å². The highest BCUT2D eigenvalue weighted by Crippen LogP contribution is 2.27. The fraction of sp³-hybridized carbons (Fsp3) is 0.263. The number of benzene rings is 2. The number of ether oxygens (including phenoxy) is 1. The van der Waals surface area contributed by atoms with Gasteiger partial charge < -0.3 is 15.4 Å². The zero-order chi connectivity index (χ0) is 18.8. The molecule has 2 amide bonds. The first-order chi connectivity index (χ1) is 12.5. The number of rotatable bonds is 9. The molecule has 0 bridgehead atoms. The monoisotopic (exact) mass is 394 g/mol. The molecule has 0 aromatic heterocycles. The van der Waals surface area contributed by atoms with Crippen molar-refractivity contribution in [3.8, 4) is 5.75 Å². The molecule has 0 aliphatic carbocycles. The Morgan fingerprint density at radius 2 is 1.62 bits per heavy atom. The van der Waals surface area contributed by atoms with E-state index in [4.69, 9.17) is 27.9 Å². The Labute approximate surface area is 162 Å². The van der Waals surface area contributed by atoms with Gasteiger partial charge >= 0.3 is 0 Å². The molecular weight excluding hydrogens is 375 g/mol. The average molecular weight is 395 g/mol. The molecule has 7 heteroatoms. The molecule has 0 spiro atoms. The summed E-state index contributed by atoms with van der Waals surface area (Å²) in [4.78, 5) is 23.5. The van der Waals surface area contributed by atoms with E-state index in [9.17, 15) is 9.59 Å². The summed E-state index contributed by atoms with van der Waals surface area (Å²) in [6.45, 7) is 0.526. The molecule has 5 nitrogen and oxygen atoms in total. The molecular formula is C19H20Cl2N2O3. The maximum absolute atomic E-state index is 11.8. The van der Waals surface area contributed by atoms with Gasteiger partial charge in [0.15, 0.2) is 6.61 Å². The highest BCUT2D eigenvalue weighted by molar-refractivity contribution is 6.35. The van der Waals surface area contributed by atoms with E-state index in [0.29, 0.717) is 41.7 Å². The van der Waals surface area contributed by atoms with Crippen molar-refractivity contribution in [2.24, 2.45) is 0 Å². The lowest BCUT2D eigenvalue weighted by Crippen LogP contribution is -2.36. The summed E-state index contributed by atoms with van der Waals surface area (Å²) in [5, 5.41) is 6.27. The lowest BCUT2D eigenvalue weighted by molar-refractivity contribution is -0.124. The molecule has 138 valence electrons. The van der Waals surface area contributed by atoms with Crippen molar-refractivity contribution >= 4 is 35.0 Å². The Morgan fingerprint density at radius 3 is 2.31 bits per heavy atom. The topological polar surface area (TPSA) is 67.4 Å². The van der Waals surface area contributed by atoms with Crippen molar-refractivity contribution in [1.82, 2.24) is 10.6 Å². The normalized spacial score (nSPS) is 10.2. The van der Waals surface area contributed by atoms with Crippen molar-refractivity contribution < 1.29 is 14.3 Å². The minimum Gasteiger partial charge on any atom is -0.482 e. The highest BCUT2D eigenvalue weighted by atomic mass is 35.5. The first-order valence-electron chi connectivity index (χ1n) is 8.20. The third kappa shape index (κ3) is 7.33. The van der Waals surface area contributed by atoms with E-state index >= 15 is 0 Å². The van der Waals surface area contributed by atoms with Gasteiger partial charge in [0, 0.05) is 24.5 Å². The molecule has 2 N–H and O–H groups in total. The van der Waals surface area contributed by atoms with Gasteiger partial charge in [-0.25, -0.2) is 0 Å². The quantitative estimate of drug-likeness (QED) is 0.641. The molecule has 0 aliphatic rings. The van der Waals surface area contributed by atoms with Crippen molar-refractivity contribution in [3.05, 3.63) is 64.1 Å². The minimum absolute atomic E-state index is 0.0488. The van der Waals surface area contributed by atoms with E-state index in [1.165, 1.54) is 0 Å². The lowest BCUT2D eigenvalue weighted by atomic mass is 10.1. The van der Waals surface area contributed by atoms with Crippen LogP contribution in [0.1, 0.15) is 12.0 Å². The van der Waals surface area contributed by atoms with Gasteiger partial charge in [0.25, 0.3) is 5.91 Å². The maximum atomic E-state index is 11.8. The van der Waals surface area contributed by atoms with Crippen LogP contribution in [0.5, 0.6) is 5.75 Å². The van der Waals surface area contributed by atoms with Crippen LogP contribution in [0.25, 0.3) is 0 Å². The Balaban J connectivity index is 1.57. The van der Waals surface area contributed by atoms with E-state index in [1.54, 1.807) is 18.2 Å². The Bertz CT molecular complexity index is 739. The minimum atomic E-state index is -0.297. The molecule has 2 rings (SSSR count). The van der Waals surface area contributed by atoms with E-state index in [0.717, 1.165) is 5.56 Å². The van der Waals surface area contributed by atoms with Gasteiger partial charge in [0.2, 0.25) is 5.91 Å². The number of nitrogens with one attached hydrogen (secondary N) is 2. The third-order valence-corrected chi connectivity index (χ3v) is 4.04. The summed E-state index contributed by atoms with van der Waals surface area (Å²) < 4.78 is 5.33. The number of aryl methyl sites for hydroxylation is 1. The van der Waals surface area contributed by atoms with Crippen molar-refractivity contribution in [2.75, 3.05) is 19.7 Å². The predicted octanol–water partition coefficient (Wildman–Crippen LogP) is 3.24. The van der Waals surface area contributed by atoms with Gasteiger partial charge in [0.1, 0.15) is 5.75 Å². The molecule has 0 fully saturated rings. The lowest BCUT2D eigenvalue weighted by Gasteiger charge is -2.09. The molecule has 0 aliphatic heterocycles. The van der Waals surface area contributed by atoms with Crippen LogP contribution >= 0.6 is 23.2 Å². The Morgan fingerprint density at radius 1 is 0.923 bits per heavy atom. The molecule has 0 unspecified atom stereocenters. The second-order valence-corrected chi connectivity index (χ2v) is 6.39. The Kier molecular flexibility index (Phi) is 8.25. The fourth-order valence-electron chi connectivity index (χ4n) is 2.18. The second-order valence-electron chi connectivity index (χ2n) is 5.55. The van der Waals surface area contributed by atoms with E-state index < -0.39 is 0 Å². The summed E-state index contributed by atoms with van der Waals surface area (Å²) in [6, 6.07) is 14.6. The summed E-state index contributed by atoms with van der Waals surface area (Å²) in [6.07, 6.45) is 1.10. The number of amides is 2. The predicted molar refractivity (Wildman–Crippen MR) is 103 cm³/mol. The van der Waals surface area contributed by atoms with Gasteiger partial charge in [-0.2, -0.15) is 0 Å². The fourth-order valence-corrected chi connectivity index (χ4v) is 2.64. The first kappa shape index (κ1) is 20.1. The van der Waals surface area contributed by atoms with Gasteiger partial charge in [-0.15, -0.1) is 0 Å². The molecule has 0 heterocycles. The van der Waals surface area contributed by atoms with Crippen LogP contribution in [0.3, 0.4) is 0 Å². The second kappa shape index (κ2) is 10.7. The highest BCUT2D eigenvalue weighted by Gasteiger charge is 2.07. The number of carbonyl (C=O) groups is 2. The first-order valence-corrected chi connectivity index (χ1v) is 8.95. The largest absolute Gasteiger partial charge is 0.482 e.